The fourth-order valence-electron chi connectivity index (χ4n) is 1.92. The summed E-state index contributed by atoms with van der Waals surface area (Å²) in [7, 11) is 0. The maximum Gasteiger partial charge on any atom is 0.314 e. The van der Waals surface area contributed by atoms with Gasteiger partial charge in [-0.15, -0.1) is 0 Å². The van der Waals surface area contributed by atoms with Crippen LogP contribution in [0.1, 0.15) is 38.5 Å². The highest BCUT2D eigenvalue weighted by Gasteiger charge is 2.14. The summed E-state index contributed by atoms with van der Waals surface area (Å²) in [6.07, 6.45) is 6.85. The number of ether oxygens (including phenoxy) is 1. The predicted octanol–water partition coefficient (Wildman–Crippen LogP) is 1.02. The van der Waals surface area contributed by atoms with Crippen LogP contribution in [0.5, 0.6) is 0 Å². The molecule has 0 aromatic heterocycles. The first-order chi connectivity index (χ1) is 8.33. The van der Waals surface area contributed by atoms with Crippen molar-refractivity contribution in [3.63, 3.8) is 0 Å². The molecule has 0 saturated heterocycles. The highest BCUT2D eigenvalue weighted by atomic mass is 16.5. The number of nitrogens with one attached hydrogen (secondary N) is 2. The second-order valence-corrected chi connectivity index (χ2v) is 4.39. The van der Waals surface area contributed by atoms with E-state index in [2.05, 4.69) is 10.6 Å². The molecule has 0 aromatic rings. The molecule has 5 heteroatoms. The third kappa shape index (κ3) is 7.18. The van der Waals surface area contributed by atoms with Crippen LogP contribution in [0.25, 0.3) is 0 Å². The van der Waals surface area contributed by atoms with Gasteiger partial charge in [-0.3, -0.25) is 0 Å². The first-order valence-corrected chi connectivity index (χ1v) is 6.57. The maximum atomic E-state index is 11.2. The molecule has 0 heterocycles. The molecule has 17 heavy (non-hydrogen) atoms. The molecule has 0 spiro atoms. The molecule has 0 bridgehead atoms. The minimum Gasteiger partial charge on any atom is -0.396 e. The van der Waals surface area contributed by atoms with Gasteiger partial charge in [0.1, 0.15) is 0 Å². The van der Waals surface area contributed by atoms with Gasteiger partial charge < -0.3 is 20.5 Å². The van der Waals surface area contributed by atoms with Gasteiger partial charge >= 0.3 is 6.03 Å². The first kappa shape index (κ1) is 14.3. The normalized spacial score (nSPS) is 16.1. The van der Waals surface area contributed by atoms with E-state index in [1.807, 2.05) is 0 Å². The Bertz CT molecular complexity index is 206. The summed E-state index contributed by atoms with van der Waals surface area (Å²) >= 11 is 0. The van der Waals surface area contributed by atoms with E-state index in [-0.39, 0.29) is 12.6 Å². The number of carbonyl (C=O) groups is 1. The summed E-state index contributed by atoms with van der Waals surface area (Å²) in [6.45, 7) is 1.98. The lowest BCUT2D eigenvalue weighted by Gasteiger charge is -2.11. The predicted molar refractivity (Wildman–Crippen MR) is 65.9 cm³/mol. The van der Waals surface area contributed by atoms with Crippen LogP contribution in [-0.2, 0) is 4.74 Å². The van der Waals surface area contributed by atoms with Gasteiger partial charge in [0.2, 0.25) is 0 Å². The van der Waals surface area contributed by atoms with Crippen LogP contribution < -0.4 is 10.6 Å². The minimum atomic E-state index is -0.167. The molecule has 100 valence electrons. The van der Waals surface area contributed by atoms with E-state index in [0.29, 0.717) is 25.6 Å². The average Bonchev–Trinajstić information content (AvgIpc) is 2.82. The third-order valence-corrected chi connectivity index (χ3v) is 2.88. The molecule has 0 atom stereocenters. The van der Waals surface area contributed by atoms with Gasteiger partial charge in [0.25, 0.3) is 0 Å². The fourth-order valence-corrected chi connectivity index (χ4v) is 1.92. The summed E-state index contributed by atoms with van der Waals surface area (Å²) in [5.41, 5.74) is 0. The Balaban J connectivity index is 1.84. The number of amides is 2. The Morgan fingerprint density at radius 1 is 1.18 bits per heavy atom. The number of rotatable bonds is 8. The molecule has 0 radical (unpaired) electrons. The molecule has 3 N–H and O–H groups in total. The maximum absolute atomic E-state index is 11.2. The Morgan fingerprint density at radius 3 is 2.47 bits per heavy atom. The van der Waals surface area contributed by atoms with E-state index < -0.39 is 0 Å². The van der Waals surface area contributed by atoms with Crippen molar-refractivity contribution in [2.45, 2.75) is 44.6 Å². The van der Waals surface area contributed by atoms with Gasteiger partial charge in [-0.25, -0.2) is 4.79 Å². The lowest BCUT2D eigenvalue weighted by atomic mass is 10.3. The van der Waals surface area contributed by atoms with Crippen LogP contribution in [0.4, 0.5) is 4.79 Å². The zero-order chi connectivity index (χ0) is 12.3. The molecule has 0 aliphatic heterocycles. The third-order valence-electron chi connectivity index (χ3n) is 2.88. The van der Waals surface area contributed by atoms with E-state index in [9.17, 15) is 4.79 Å². The standard InChI is InChI=1S/C12H24N2O3/c15-9-3-7-13-12(16)14-8-4-10-17-11-5-1-2-6-11/h11,15H,1-10H2,(H2,13,14,16). The molecule has 2 amide bonds. The highest BCUT2D eigenvalue weighted by Crippen LogP contribution is 2.20. The number of carbonyl (C=O) groups excluding carboxylic acids is 1. The van der Waals surface area contributed by atoms with E-state index in [0.717, 1.165) is 13.0 Å². The van der Waals surface area contributed by atoms with Crippen molar-refractivity contribution in [2.75, 3.05) is 26.3 Å². The second-order valence-electron chi connectivity index (χ2n) is 4.39. The summed E-state index contributed by atoms with van der Waals surface area (Å²) in [6, 6.07) is -0.167. The lowest BCUT2D eigenvalue weighted by molar-refractivity contribution is 0.0572. The van der Waals surface area contributed by atoms with Crippen molar-refractivity contribution in [2.24, 2.45) is 0 Å². The van der Waals surface area contributed by atoms with Crippen molar-refractivity contribution in [1.29, 1.82) is 0 Å². The van der Waals surface area contributed by atoms with Crippen molar-refractivity contribution >= 4 is 6.03 Å². The largest absolute Gasteiger partial charge is 0.396 e. The number of aliphatic hydroxyl groups is 1. The summed E-state index contributed by atoms with van der Waals surface area (Å²) < 4.78 is 5.68. The zero-order valence-corrected chi connectivity index (χ0v) is 10.4. The van der Waals surface area contributed by atoms with E-state index in [1.165, 1.54) is 25.7 Å². The van der Waals surface area contributed by atoms with Gasteiger partial charge in [-0.1, -0.05) is 12.8 Å². The summed E-state index contributed by atoms with van der Waals surface area (Å²) in [4.78, 5) is 11.2. The molecule has 1 rings (SSSR count). The number of aliphatic hydroxyl groups excluding tert-OH is 1. The van der Waals surface area contributed by atoms with Gasteiger partial charge in [-0.2, -0.15) is 0 Å². The van der Waals surface area contributed by atoms with Gasteiger partial charge in [-0.05, 0) is 25.7 Å². The van der Waals surface area contributed by atoms with Crippen molar-refractivity contribution < 1.29 is 14.6 Å². The minimum absolute atomic E-state index is 0.107. The van der Waals surface area contributed by atoms with Gasteiger partial charge in [0, 0.05) is 26.3 Å². The molecule has 0 aromatic carbocycles. The number of urea groups is 1. The second kappa shape index (κ2) is 9.24. The smallest absolute Gasteiger partial charge is 0.314 e. The summed E-state index contributed by atoms with van der Waals surface area (Å²) in [5, 5.41) is 14.0. The quantitative estimate of drug-likeness (QED) is 0.558. The Labute approximate surface area is 103 Å². The Hall–Kier alpha value is -0.810. The van der Waals surface area contributed by atoms with Crippen LogP contribution in [-0.4, -0.2) is 43.5 Å². The average molecular weight is 244 g/mol. The van der Waals surface area contributed by atoms with Crippen LogP contribution in [0.15, 0.2) is 0 Å². The van der Waals surface area contributed by atoms with Gasteiger partial charge in [0.05, 0.1) is 6.10 Å². The fraction of sp³-hybridized carbons (Fsp3) is 0.917. The Kier molecular flexibility index (Phi) is 7.75. The Morgan fingerprint density at radius 2 is 1.82 bits per heavy atom. The lowest BCUT2D eigenvalue weighted by Crippen LogP contribution is -2.37. The number of hydrogen-bond acceptors (Lipinski definition) is 3. The van der Waals surface area contributed by atoms with Crippen molar-refractivity contribution in [1.82, 2.24) is 10.6 Å². The molecule has 1 fully saturated rings. The topological polar surface area (TPSA) is 70.6 Å². The molecule has 0 unspecified atom stereocenters. The molecular formula is C12H24N2O3. The van der Waals surface area contributed by atoms with Crippen LogP contribution in [0.3, 0.4) is 0 Å². The SMILES string of the molecule is O=C(NCCCO)NCCCOC1CCCC1. The zero-order valence-electron chi connectivity index (χ0n) is 10.4. The highest BCUT2D eigenvalue weighted by molar-refractivity contribution is 5.73. The number of hydrogen-bond donors (Lipinski definition) is 3. The van der Waals surface area contributed by atoms with Crippen LogP contribution in [0, 0.1) is 0 Å². The van der Waals surface area contributed by atoms with E-state index in [1.54, 1.807) is 0 Å². The van der Waals surface area contributed by atoms with Crippen LogP contribution in [0.2, 0.25) is 0 Å². The molecule has 1 aliphatic rings. The molecule has 1 aliphatic carbocycles. The van der Waals surface area contributed by atoms with Crippen LogP contribution >= 0.6 is 0 Å². The van der Waals surface area contributed by atoms with E-state index in [4.69, 9.17) is 9.84 Å². The monoisotopic (exact) mass is 244 g/mol. The molecule has 5 nitrogen and oxygen atoms in total. The molecule has 1 saturated carbocycles. The first-order valence-electron chi connectivity index (χ1n) is 6.57. The van der Waals surface area contributed by atoms with Gasteiger partial charge in [0.15, 0.2) is 0 Å². The molecular weight excluding hydrogens is 220 g/mol. The van der Waals surface area contributed by atoms with E-state index >= 15 is 0 Å². The van der Waals surface area contributed by atoms with Crippen molar-refractivity contribution in [3.8, 4) is 0 Å². The summed E-state index contributed by atoms with van der Waals surface area (Å²) in [5.74, 6) is 0. The van der Waals surface area contributed by atoms with Crippen molar-refractivity contribution in [3.05, 3.63) is 0 Å².